The molecule has 1 aliphatic rings. The van der Waals surface area contributed by atoms with Gasteiger partial charge in [0.2, 0.25) is 5.91 Å². The zero-order chi connectivity index (χ0) is 23.7. The third-order valence-corrected chi connectivity index (χ3v) is 5.30. The van der Waals surface area contributed by atoms with Gasteiger partial charge in [0, 0.05) is 25.7 Å². The number of pyridine rings is 1. The van der Waals surface area contributed by atoms with Crippen LogP contribution in [0.3, 0.4) is 0 Å². The van der Waals surface area contributed by atoms with Gasteiger partial charge < -0.3 is 15.2 Å². The number of nitrogens with one attached hydrogen (secondary N) is 2. The van der Waals surface area contributed by atoms with E-state index in [2.05, 4.69) is 30.6 Å². The van der Waals surface area contributed by atoms with E-state index >= 15 is 0 Å². The molecule has 33 heavy (non-hydrogen) atoms. The topological polar surface area (TPSA) is 132 Å². The first kappa shape index (κ1) is 22.2. The van der Waals surface area contributed by atoms with Crippen molar-refractivity contribution in [2.24, 2.45) is 13.0 Å². The Balaban J connectivity index is 1.67. The average molecular weight is 451 g/mol. The van der Waals surface area contributed by atoms with Crippen LogP contribution in [0, 0.1) is 12.8 Å². The lowest BCUT2D eigenvalue weighted by atomic mass is 10.1. The molecule has 1 fully saturated rings. The number of ketones is 1. The Labute approximate surface area is 188 Å². The molecule has 0 aliphatic heterocycles. The predicted molar refractivity (Wildman–Crippen MR) is 119 cm³/mol. The van der Waals surface area contributed by atoms with Gasteiger partial charge in [-0.1, -0.05) is 6.92 Å². The van der Waals surface area contributed by atoms with Crippen molar-refractivity contribution in [3.8, 4) is 11.3 Å². The van der Waals surface area contributed by atoms with Crippen LogP contribution in [0.25, 0.3) is 11.3 Å². The Morgan fingerprint density at radius 3 is 2.67 bits per heavy atom. The van der Waals surface area contributed by atoms with Crippen LogP contribution >= 0.6 is 0 Å². The summed E-state index contributed by atoms with van der Waals surface area (Å²) >= 11 is 0. The van der Waals surface area contributed by atoms with Crippen molar-refractivity contribution in [3.63, 3.8) is 0 Å². The van der Waals surface area contributed by atoms with Crippen LogP contribution in [0.1, 0.15) is 35.8 Å². The number of rotatable bonds is 7. The van der Waals surface area contributed by atoms with Gasteiger partial charge in [-0.3, -0.25) is 14.6 Å². The molecule has 11 heteroatoms. The van der Waals surface area contributed by atoms with Crippen LogP contribution in [0.15, 0.2) is 35.6 Å². The molecular formula is C22H22FN7O3. The number of amides is 1. The van der Waals surface area contributed by atoms with Crippen LogP contribution in [0.5, 0.6) is 0 Å². The highest BCUT2D eigenvalue weighted by molar-refractivity contribution is 5.95. The summed E-state index contributed by atoms with van der Waals surface area (Å²) in [5.41, 5.74) is 2.04. The molecule has 10 nitrogen and oxygen atoms in total. The predicted octanol–water partition coefficient (Wildman–Crippen LogP) is 2.57. The number of carbonyl (C=O) groups is 2. The maximum absolute atomic E-state index is 13.2. The fourth-order valence-electron chi connectivity index (χ4n) is 3.20. The van der Waals surface area contributed by atoms with Gasteiger partial charge >= 0.3 is 5.69 Å². The lowest BCUT2D eigenvalue weighted by Gasteiger charge is -2.14. The van der Waals surface area contributed by atoms with Crippen molar-refractivity contribution in [2.75, 3.05) is 10.6 Å². The zero-order valence-electron chi connectivity index (χ0n) is 18.3. The van der Waals surface area contributed by atoms with Crippen LogP contribution in [-0.2, 0) is 11.8 Å². The molecule has 0 spiro atoms. The summed E-state index contributed by atoms with van der Waals surface area (Å²) in [5, 5.41) is 5.68. The van der Waals surface area contributed by atoms with Crippen molar-refractivity contribution in [2.45, 2.75) is 32.9 Å². The minimum absolute atomic E-state index is 0.0714. The normalized spacial score (nSPS) is 16.8. The van der Waals surface area contributed by atoms with Gasteiger partial charge in [-0.05, 0) is 25.0 Å². The van der Waals surface area contributed by atoms with E-state index in [1.54, 1.807) is 26.2 Å². The van der Waals surface area contributed by atoms with Gasteiger partial charge in [0.15, 0.2) is 5.78 Å². The highest BCUT2D eigenvalue weighted by Gasteiger charge is 2.43. The molecule has 1 aliphatic carbocycles. The van der Waals surface area contributed by atoms with Crippen LogP contribution in [0.2, 0.25) is 0 Å². The highest BCUT2D eigenvalue weighted by Crippen LogP contribution is 2.35. The Hall–Kier alpha value is -4.02. The molecule has 1 saturated carbocycles. The van der Waals surface area contributed by atoms with E-state index in [-0.39, 0.29) is 23.8 Å². The summed E-state index contributed by atoms with van der Waals surface area (Å²) < 4.78 is 14.5. The molecule has 2 N–H and O–H groups in total. The molecule has 3 aromatic heterocycles. The number of aromatic nitrogens is 5. The summed E-state index contributed by atoms with van der Waals surface area (Å²) in [6, 6.07) is 3.19. The Kier molecular flexibility index (Phi) is 5.95. The number of Topliss-reactive ketones (excluding diaryl/α,β-unsaturated/α-hetero) is 1. The maximum atomic E-state index is 13.2. The second kappa shape index (κ2) is 8.85. The molecule has 170 valence electrons. The van der Waals surface area contributed by atoms with Crippen LogP contribution in [-0.4, -0.2) is 42.4 Å². The molecule has 0 bridgehead atoms. The standard InChI is InChI=1S/C22H22FN7O3/c1-4-18(31)16-5-11(2)17(8-24-16)27-20-13(9-30(3)22(33)29-20)15-7-19(26-10-25-15)28-21(32)12-6-14(12)23/h5,7-10,12,14H,4,6H2,1-3H3,(H,27,29,33)(H,25,26,28,32). The summed E-state index contributed by atoms with van der Waals surface area (Å²) in [4.78, 5) is 52.8. The second-order valence-electron chi connectivity index (χ2n) is 7.82. The van der Waals surface area contributed by atoms with E-state index in [9.17, 15) is 18.8 Å². The van der Waals surface area contributed by atoms with Gasteiger partial charge in [0.05, 0.1) is 29.1 Å². The van der Waals surface area contributed by atoms with E-state index < -0.39 is 23.7 Å². The Bertz CT molecular complexity index is 1310. The third-order valence-electron chi connectivity index (χ3n) is 5.30. The van der Waals surface area contributed by atoms with Crippen molar-refractivity contribution < 1.29 is 14.0 Å². The molecule has 1 amide bonds. The molecular weight excluding hydrogens is 429 g/mol. The second-order valence-corrected chi connectivity index (χ2v) is 7.82. The van der Waals surface area contributed by atoms with E-state index in [0.717, 1.165) is 5.56 Å². The molecule has 0 radical (unpaired) electrons. The fourth-order valence-corrected chi connectivity index (χ4v) is 3.20. The zero-order valence-corrected chi connectivity index (χ0v) is 18.3. The van der Waals surface area contributed by atoms with Gasteiger partial charge in [-0.15, -0.1) is 0 Å². The lowest BCUT2D eigenvalue weighted by molar-refractivity contribution is -0.117. The molecule has 0 saturated heterocycles. The van der Waals surface area contributed by atoms with Crippen molar-refractivity contribution in [1.82, 2.24) is 24.5 Å². The summed E-state index contributed by atoms with van der Waals surface area (Å²) in [7, 11) is 1.55. The largest absolute Gasteiger partial charge is 0.349 e. The number of alkyl halides is 1. The lowest BCUT2D eigenvalue weighted by Crippen LogP contribution is -2.21. The van der Waals surface area contributed by atoms with Crippen LogP contribution < -0.4 is 16.3 Å². The van der Waals surface area contributed by atoms with Crippen molar-refractivity contribution in [3.05, 3.63) is 52.6 Å². The van der Waals surface area contributed by atoms with Gasteiger partial charge in [-0.25, -0.2) is 19.2 Å². The minimum atomic E-state index is -1.12. The van der Waals surface area contributed by atoms with Crippen LogP contribution in [0.4, 0.5) is 21.7 Å². The highest BCUT2D eigenvalue weighted by atomic mass is 19.1. The number of carbonyl (C=O) groups excluding carboxylic acids is 2. The number of nitrogens with zero attached hydrogens (tertiary/aromatic N) is 5. The van der Waals surface area contributed by atoms with Crippen molar-refractivity contribution in [1.29, 1.82) is 0 Å². The van der Waals surface area contributed by atoms with E-state index in [4.69, 9.17) is 0 Å². The van der Waals surface area contributed by atoms with Gasteiger partial charge in [0.25, 0.3) is 0 Å². The fraction of sp³-hybridized carbons (Fsp3) is 0.318. The monoisotopic (exact) mass is 451 g/mol. The molecule has 2 atom stereocenters. The minimum Gasteiger partial charge on any atom is -0.338 e. The SMILES string of the molecule is CCC(=O)c1cc(C)c(Nc2nc(=O)n(C)cc2-c2cc(NC(=O)C3CC3F)ncn2)cn1. The molecule has 0 aromatic carbocycles. The quantitative estimate of drug-likeness (QED) is 0.524. The van der Waals surface area contributed by atoms with Crippen molar-refractivity contribution >= 4 is 29.0 Å². The van der Waals surface area contributed by atoms with Gasteiger partial charge in [-0.2, -0.15) is 4.98 Å². The van der Waals surface area contributed by atoms with E-state index in [1.807, 2.05) is 6.92 Å². The number of hydrogen-bond acceptors (Lipinski definition) is 8. The first-order valence-electron chi connectivity index (χ1n) is 10.4. The molecule has 2 unspecified atom stereocenters. The summed E-state index contributed by atoms with van der Waals surface area (Å²) in [6.45, 7) is 3.58. The third kappa shape index (κ3) is 4.76. The first-order chi connectivity index (χ1) is 15.8. The number of halogens is 1. The maximum Gasteiger partial charge on any atom is 0.349 e. The Morgan fingerprint density at radius 1 is 1.24 bits per heavy atom. The summed E-state index contributed by atoms with van der Waals surface area (Å²) in [5.74, 6) is -0.730. The number of hydrogen-bond donors (Lipinski definition) is 2. The van der Waals surface area contributed by atoms with E-state index in [1.165, 1.54) is 23.2 Å². The smallest absolute Gasteiger partial charge is 0.338 e. The molecule has 4 rings (SSSR count). The Morgan fingerprint density at radius 2 is 2.00 bits per heavy atom. The molecule has 3 heterocycles. The summed E-state index contributed by atoms with van der Waals surface area (Å²) in [6.07, 6.45) is 3.76. The van der Waals surface area contributed by atoms with Gasteiger partial charge in [0.1, 0.15) is 29.8 Å². The number of anilines is 3. The molecule has 3 aromatic rings. The number of aryl methyl sites for hydroxylation is 2. The first-order valence-corrected chi connectivity index (χ1v) is 10.4. The van der Waals surface area contributed by atoms with E-state index in [0.29, 0.717) is 29.1 Å². The average Bonchev–Trinajstić information content (AvgIpc) is 3.53.